The number of aromatic nitrogens is 2. The maximum Gasteiger partial charge on any atom is 0.267 e. The Bertz CT molecular complexity index is 1580. The summed E-state index contributed by atoms with van der Waals surface area (Å²) in [6.07, 6.45) is 0.622. The predicted molar refractivity (Wildman–Crippen MR) is 152 cm³/mol. The molecule has 0 aliphatic carbocycles. The van der Waals surface area contributed by atoms with E-state index in [0.717, 1.165) is 27.4 Å². The number of fused-ring (bicyclic) bond motifs is 3. The highest BCUT2D eigenvalue weighted by atomic mass is 32.2. The first kappa shape index (κ1) is 26.0. The fourth-order valence-corrected chi connectivity index (χ4v) is 6.63. The first-order valence-corrected chi connectivity index (χ1v) is 14.2. The highest BCUT2D eigenvalue weighted by Gasteiger charge is 2.27. The summed E-state index contributed by atoms with van der Waals surface area (Å²) in [4.78, 5) is 47.1. The number of nitrogens with one attached hydrogen (secondary N) is 1. The number of anilines is 1. The lowest BCUT2D eigenvalue weighted by Crippen LogP contribution is -2.34. The second-order valence-corrected chi connectivity index (χ2v) is 11.0. The first-order valence-electron chi connectivity index (χ1n) is 12.4. The molecule has 10 heteroatoms. The van der Waals surface area contributed by atoms with Gasteiger partial charge in [0.25, 0.3) is 5.56 Å². The largest absolute Gasteiger partial charge is 0.494 e. The van der Waals surface area contributed by atoms with Gasteiger partial charge in [-0.25, -0.2) is 4.98 Å². The summed E-state index contributed by atoms with van der Waals surface area (Å²) in [5.41, 5.74) is 3.17. The fraction of sp³-hybridized carbons (Fsp3) is 0.286. The molecule has 38 heavy (non-hydrogen) atoms. The molecule has 0 spiro atoms. The van der Waals surface area contributed by atoms with Gasteiger partial charge < -0.3 is 15.0 Å². The van der Waals surface area contributed by atoms with Crippen LogP contribution in [0.4, 0.5) is 5.69 Å². The maximum atomic E-state index is 14.0. The average molecular weight is 549 g/mol. The number of para-hydroxylation sites is 1. The average Bonchev–Trinajstić information content (AvgIpc) is 3.27. The molecule has 2 aromatic carbocycles. The molecule has 2 amide bonds. The molecule has 0 unspecified atom stereocenters. The molecule has 3 heterocycles. The molecular formula is C28H28N4O4S2. The minimum Gasteiger partial charge on any atom is -0.494 e. The smallest absolute Gasteiger partial charge is 0.267 e. The van der Waals surface area contributed by atoms with E-state index in [1.165, 1.54) is 23.1 Å². The van der Waals surface area contributed by atoms with Crippen molar-refractivity contribution in [2.24, 2.45) is 0 Å². The van der Waals surface area contributed by atoms with Crippen LogP contribution in [0, 0.1) is 6.92 Å². The number of carbonyl (C=O) groups is 2. The third-order valence-corrected chi connectivity index (χ3v) is 8.48. The SMILES string of the molecule is CCOc1ccc(NC(=O)CSc2nc3sc4c(c3c(=O)n2-c2ccccc2C)CCN(C(C)=O)C4)cc1. The first-order chi connectivity index (χ1) is 18.4. The van der Waals surface area contributed by atoms with Gasteiger partial charge in [0.05, 0.1) is 30.0 Å². The van der Waals surface area contributed by atoms with E-state index in [-0.39, 0.29) is 23.1 Å². The van der Waals surface area contributed by atoms with Crippen LogP contribution in [0.1, 0.15) is 29.9 Å². The molecule has 1 N–H and O–H groups in total. The third-order valence-electron chi connectivity index (χ3n) is 6.43. The lowest BCUT2D eigenvalue weighted by atomic mass is 10.1. The van der Waals surface area contributed by atoms with Crippen molar-refractivity contribution in [2.45, 2.75) is 38.9 Å². The molecule has 0 fully saturated rings. The summed E-state index contributed by atoms with van der Waals surface area (Å²) in [5, 5.41) is 3.96. The van der Waals surface area contributed by atoms with E-state index in [9.17, 15) is 14.4 Å². The Labute approximate surface area is 228 Å². The van der Waals surface area contributed by atoms with Gasteiger partial charge in [0.15, 0.2) is 5.16 Å². The van der Waals surface area contributed by atoms with Gasteiger partial charge in [-0.05, 0) is 61.7 Å². The van der Waals surface area contributed by atoms with Crippen molar-refractivity contribution in [3.8, 4) is 11.4 Å². The lowest BCUT2D eigenvalue weighted by Gasteiger charge is -2.25. The number of thioether (sulfide) groups is 1. The number of aryl methyl sites for hydroxylation is 1. The van der Waals surface area contributed by atoms with Crippen LogP contribution in [0.25, 0.3) is 15.9 Å². The van der Waals surface area contributed by atoms with E-state index in [4.69, 9.17) is 9.72 Å². The fourth-order valence-electron chi connectivity index (χ4n) is 4.54. The zero-order chi connectivity index (χ0) is 26.8. The zero-order valence-corrected chi connectivity index (χ0v) is 23.1. The van der Waals surface area contributed by atoms with Crippen LogP contribution in [0.3, 0.4) is 0 Å². The molecule has 2 aromatic heterocycles. The summed E-state index contributed by atoms with van der Waals surface area (Å²) < 4.78 is 7.08. The highest BCUT2D eigenvalue weighted by molar-refractivity contribution is 7.99. The Balaban J connectivity index is 1.48. The van der Waals surface area contributed by atoms with Crippen molar-refractivity contribution in [1.29, 1.82) is 0 Å². The number of rotatable bonds is 7. The molecule has 1 aliphatic rings. The Morgan fingerprint density at radius 1 is 1.16 bits per heavy atom. The number of benzene rings is 2. The second-order valence-electron chi connectivity index (χ2n) is 8.99. The molecule has 0 bridgehead atoms. The molecule has 0 saturated heterocycles. The number of hydrogen-bond donors (Lipinski definition) is 1. The maximum absolute atomic E-state index is 14.0. The van der Waals surface area contributed by atoms with Gasteiger partial charge in [0.2, 0.25) is 11.8 Å². The van der Waals surface area contributed by atoms with Crippen molar-refractivity contribution in [3.63, 3.8) is 0 Å². The number of hydrogen-bond acceptors (Lipinski definition) is 7. The quantitative estimate of drug-likeness (QED) is 0.264. The topological polar surface area (TPSA) is 93.5 Å². The molecule has 1 aliphatic heterocycles. The van der Waals surface area contributed by atoms with Gasteiger partial charge in [0, 0.05) is 24.0 Å². The van der Waals surface area contributed by atoms with E-state index in [1.54, 1.807) is 28.5 Å². The molecule has 5 rings (SSSR count). The standard InChI is InChI=1S/C28H28N4O4S2/c1-4-36-20-11-9-19(10-12-20)29-24(34)16-37-28-30-26-25(21-13-14-31(18(3)33)15-23(21)38-26)27(35)32(28)22-8-6-5-7-17(22)2/h5-12H,4,13-16H2,1-3H3,(H,29,34). The summed E-state index contributed by atoms with van der Waals surface area (Å²) in [5.74, 6) is 0.644. The molecule has 8 nitrogen and oxygen atoms in total. The van der Waals surface area contributed by atoms with Crippen LogP contribution in [0.15, 0.2) is 58.5 Å². The number of ether oxygens (including phenoxy) is 1. The van der Waals surface area contributed by atoms with Crippen LogP contribution in [0.5, 0.6) is 5.75 Å². The Kier molecular flexibility index (Phi) is 7.53. The van der Waals surface area contributed by atoms with Crippen molar-refractivity contribution >= 4 is 50.8 Å². The van der Waals surface area contributed by atoms with Gasteiger partial charge in [-0.15, -0.1) is 11.3 Å². The van der Waals surface area contributed by atoms with Gasteiger partial charge in [-0.2, -0.15) is 0 Å². The van der Waals surface area contributed by atoms with Crippen LogP contribution < -0.4 is 15.6 Å². The Morgan fingerprint density at radius 3 is 2.63 bits per heavy atom. The van der Waals surface area contributed by atoms with E-state index in [2.05, 4.69) is 5.32 Å². The van der Waals surface area contributed by atoms with Crippen LogP contribution >= 0.6 is 23.1 Å². The molecule has 4 aromatic rings. The summed E-state index contributed by atoms with van der Waals surface area (Å²) in [6, 6.07) is 14.9. The molecule has 0 radical (unpaired) electrons. The lowest BCUT2D eigenvalue weighted by molar-refractivity contribution is -0.129. The van der Waals surface area contributed by atoms with Crippen molar-refractivity contribution in [1.82, 2.24) is 14.5 Å². The Hall–Kier alpha value is -3.63. The predicted octanol–water partition coefficient (Wildman–Crippen LogP) is 4.79. The van der Waals surface area contributed by atoms with Gasteiger partial charge in [-0.3, -0.25) is 19.0 Å². The normalized spacial score (nSPS) is 12.9. The summed E-state index contributed by atoms with van der Waals surface area (Å²) >= 11 is 2.68. The summed E-state index contributed by atoms with van der Waals surface area (Å²) in [7, 11) is 0. The van der Waals surface area contributed by atoms with Gasteiger partial charge >= 0.3 is 0 Å². The van der Waals surface area contributed by atoms with Crippen molar-refractivity contribution in [3.05, 3.63) is 74.9 Å². The number of nitrogens with zero attached hydrogens (tertiary/aromatic N) is 3. The second kappa shape index (κ2) is 11.0. The van der Waals surface area contributed by atoms with Crippen molar-refractivity contribution in [2.75, 3.05) is 24.2 Å². The zero-order valence-electron chi connectivity index (χ0n) is 21.4. The minimum absolute atomic E-state index is 0.0215. The molecular weight excluding hydrogens is 520 g/mol. The number of carbonyl (C=O) groups excluding carboxylic acids is 2. The summed E-state index contributed by atoms with van der Waals surface area (Å²) in [6.45, 7) is 7.08. The third kappa shape index (κ3) is 5.19. The van der Waals surface area contributed by atoms with Crippen LogP contribution in [-0.4, -0.2) is 45.2 Å². The molecule has 0 atom stereocenters. The Morgan fingerprint density at radius 2 is 1.92 bits per heavy atom. The van der Waals surface area contributed by atoms with E-state index < -0.39 is 0 Å². The van der Waals surface area contributed by atoms with Gasteiger partial charge in [-0.1, -0.05) is 30.0 Å². The number of thiophene rings is 1. The molecule has 0 saturated carbocycles. The van der Waals surface area contributed by atoms with Crippen LogP contribution in [0.2, 0.25) is 0 Å². The van der Waals surface area contributed by atoms with Gasteiger partial charge in [0.1, 0.15) is 10.6 Å². The van der Waals surface area contributed by atoms with Crippen LogP contribution in [-0.2, 0) is 22.6 Å². The molecule has 196 valence electrons. The number of amides is 2. The minimum atomic E-state index is -0.201. The highest BCUT2D eigenvalue weighted by Crippen LogP contribution is 2.34. The monoisotopic (exact) mass is 548 g/mol. The van der Waals surface area contributed by atoms with Crippen molar-refractivity contribution < 1.29 is 14.3 Å². The van der Waals surface area contributed by atoms with E-state index >= 15 is 0 Å². The van der Waals surface area contributed by atoms with E-state index in [1.807, 2.05) is 50.2 Å². The van der Waals surface area contributed by atoms with E-state index in [0.29, 0.717) is 47.2 Å².